The summed E-state index contributed by atoms with van der Waals surface area (Å²) in [6, 6.07) is 20.3. The number of rotatable bonds is 7. The van der Waals surface area contributed by atoms with Crippen LogP contribution in [0.4, 0.5) is 0 Å². The molecule has 10 nitrogen and oxygen atoms in total. The first kappa shape index (κ1) is 33.5. The Hall–Kier alpha value is -1.75. The molecule has 1 N–H and O–H groups in total. The van der Waals surface area contributed by atoms with Gasteiger partial charge < -0.3 is 14.4 Å². The number of benzene rings is 4. The van der Waals surface area contributed by atoms with Crippen LogP contribution in [0.3, 0.4) is 0 Å². The third-order valence-electron chi connectivity index (χ3n) is 5.19. The Morgan fingerprint density at radius 2 is 1.15 bits per heavy atom. The van der Waals surface area contributed by atoms with Crippen molar-refractivity contribution in [2.24, 2.45) is 0 Å². The van der Waals surface area contributed by atoms with E-state index < -0.39 is 55.4 Å². The minimum Gasteiger partial charge on any atom is -0.872 e. The van der Waals surface area contributed by atoms with E-state index in [9.17, 15) is 39.5 Å². The summed E-state index contributed by atoms with van der Waals surface area (Å²) in [6.07, 6.45) is 0. The molecule has 0 saturated heterocycles. The monoisotopic (exact) mass is 606 g/mol. The fourth-order valence-corrected chi connectivity index (χ4v) is 6.09. The van der Waals surface area contributed by atoms with Crippen molar-refractivity contribution in [1.82, 2.24) is 0 Å². The molecule has 0 radical (unpaired) electrons. The van der Waals surface area contributed by atoms with E-state index in [0.29, 0.717) is 18.2 Å². The number of hydrogen-bond acceptors (Lipinski definition) is 9. The largest absolute Gasteiger partial charge is 1.00 e. The van der Waals surface area contributed by atoms with E-state index in [0.717, 1.165) is 29.3 Å². The topological polar surface area (TPSA) is 178 Å². The van der Waals surface area contributed by atoms with E-state index in [-0.39, 0.29) is 70.6 Å². The van der Waals surface area contributed by atoms with Gasteiger partial charge in [-0.15, -0.1) is 0 Å². The van der Waals surface area contributed by atoms with Crippen molar-refractivity contribution in [3.8, 4) is 28.4 Å². The van der Waals surface area contributed by atoms with Crippen LogP contribution in [0.15, 0.2) is 111 Å². The van der Waals surface area contributed by atoms with Crippen LogP contribution in [0.5, 0.6) is 17.2 Å². The summed E-state index contributed by atoms with van der Waals surface area (Å²) < 4.78 is 99.3. The molecule has 0 aliphatic heterocycles. The zero-order chi connectivity index (χ0) is 27.0. The van der Waals surface area contributed by atoms with Crippen LogP contribution in [0.25, 0.3) is 11.1 Å². The molecule has 15 heteroatoms. The molecule has 4 aromatic rings. The summed E-state index contributed by atoms with van der Waals surface area (Å²) in [6.45, 7) is 0. The van der Waals surface area contributed by atoms with Crippen molar-refractivity contribution < 1.29 is 103 Å². The Balaban J connectivity index is 0.00000267. The van der Waals surface area contributed by atoms with Gasteiger partial charge in [-0.3, -0.25) is 4.55 Å². The van der Waals surface area contributed by atoms with E-state index in [2.05, 4.69) is 0 Å². The Kier molecular flexibility index (Phi) is 11.0. The Morgan fingerprint density at radius 1 is 0.641 bits per heavy atom. The van der Waals surface area contributed by atoms with Gasteiger partial charge in [-0.1, -0.05) is 54.3 Å². The van der Waals surface area contributed by atoms with Crippen LogP contribution >= 0.6 is 0 Å². The molecule has 0 atom stereocenters. The third-order valence-corrected chi connectivity index (χ3v) is 8.67. The number of sulfone groups is 1. The quantitative estimate of drug-likeness (QED) is 0.171. The molecule has 0 fully saturated rings. The van der Waals surface area contributed by atoms with Crippen LogP contribution in [0, 0.1) is 0 Å². The molecule has 0 unspecified atom stereocenters. The second-order valence-corrected chi connectivity index (χ2v) is 12.3. The van der Waals surface area contributed by atoms with Crippen LogP contribution in [-0.4, -0.2) is 34.4 Å². The van der Waals surface area contributed by atoms with Crippen molar-refractivity contribution in [3.63, 3.8) is 0 Å². The maximum atomic E-state index is 13.0. The van der Waals surface area contributed by atoms with E-state index in [4.69, 9.17) is 4.74 Å². The summed E-state index contributed by atoms with van der Waals surface area (Å²) in [5.41, 5.74) is 1.79. The molecule has 192 valence electrons. The van der Waals surface area contributed by atoms with Gasteiger partial charge in [-0.05, 0) is 53.6 Å². The summed E-state index contributed by atoms with van der Waals surface area (Å²) in [5.74, 6) is -1.39. The summed E-state index contributed by atoms with van der Waals surface area (Å²) in [4.78, 5) is -3.56. The Morgan fingerprint density at radius 3 is 1.69 bits per heavy atom. The zero-order valence-electron chi connectivity index (χ0n) is 20.5. The van der Waals surface area contributed by atoms with E-state index in [1.807, 2.05) is 30.3 Å². The van der Waals surface area contributed by atoms with E-state index >= 15 is 0 Å². The van der Waals surface area contributed by atoms with E-state index in [1.54, 1.807) is 24.3 Å². The van der Waals surface area contributed by atoms with Gasteiger partial charge in [-0.2, -0.15) is 8.42 Å². The molecule has 0 spiro atoms. The molecule has 0 bridgehead atoms. The van der Waals surface area contributed by atoms with Crippen LogP contribution in [0.1, 0.15) is 0 Å². The molecule has 0 saturated carbocycles. The molecule has 0 aliphatic carbocycles. The Bertz CT molecular complexity index is 1810. The maximum Gasteiger partial charge on any atom is 1.00 e. The molecule has 0 aliphatic rings. The Labute approximate surface area is 269 Å². The van der Waals surface area contributed by atoms with Crippen molar-refractivity contribution in [2.75, 3.05) is 0 Å². The van der Waals surface area contributed by atoms with Gasteiger partial charge in [0.25, 0.3) is 10.1 Å². The zero-order valence-corrected chi connectivity index (χ0v) is 27.0. The molecule has 4 aromatic carbocycles. The summed E-state index contributed by atoms with van der Waals surface area (Å²) >= 11 is 0. The molecular weight excluding hydrogens is 590 g/mol. The first-order chi connectivity index (χ1) is 17.3. The van der Waals surface area contributed by atoms with Crippen molar-refractivity contribution >= 4 is 30.1 Å². The molecular formula is C24H16Na2O10S3. The maximum absolute atomic E-state index is 13.0. The van der Waals surface area contributed by atoms with E-state index in [1.165, 1.54) is 0 Å². The minimum absolute atomic E-state index is 0. The second-order valence-electron chi connectivity index (χ2n) is 7.64. The van der Waals surface area contributed by atoms with Gasteiger partial charge in [0.1, 0.15) is 26.5 Å². The van der Waals surface area contributed by atoms with Crippen LogP contribution in [0.2, 0.25) is 0 Å². The standard InChI is InChI=1S/C24H18O10S3.2Na/c25-21-12-10-19(14-23(21)36(28,29)30)35(26,27)20-11-13-22(24(15-20)37(31,32)33)34-18-8-6-17(7-9-18)16-4-2-1-3-5-16;;/h1-15,25H,(H,28,29,30)(H,31,32,33);;/q;2*+1/p-2. The SMILES string of the molecule is O=S(=O)([O-])c1cc(S(=O)(=O)c2ccc(Oc3ccc(-c4ccccc4)cc3)c(S(=O)(=O)O)c2)ccc1[O-].[Na+].[Na+]. The number of ether oxygens (including phenoxy) is 1. The fourth-order valence-electron chi connectivity index (χ4n) is 3.40. The average molecular weight is 607 g/mol. The second kappa shape index (κ2) is 12.8. The molecule has 4 rings (SSSR count). The van der Waals surface area contributed by atoms with Gasteiger partial charge in [0.15, 0.2) is 0 Å². The van der Waals surface area contributed by atoms with Crippen molar-refractivity contribution in [3.05, 3.63) is 91.0 Å². The molecule has 0 aromatic heterocycles. The third kappa shape index (κ3) is 7.71. The van der Waals surface area contributed by atoms with Crippen LogP contribution in [-0.2, 0) is 30.1 Å². The summed E-state index contributed by atoms with van der Waals surface area (Å²) in [5, 5.41) is 11.7. The average Bonchev–Trinajstić information content (AvgIpc) is 2.84. The first-order valence-electron chi connectivity index (χ1n) is 10.2. The molecule has 0 amide bonds. The predicted molar refractivity (Wildman–Crippen MR) is 128 cm³/mol. The number of hydrogen-bond donors (Lipinski definition) is 1. The smallest absolute Gasteiger partial charge is 0.872 e. The van der Waals surface area contributed by atoms with Gasteiger partial charge >= 0.3 is 59.1 Å². The van der Waals surface area contributed by atoms with Crippen molar-refractivity contribution in [2.45, 2.75) is 19.6 Å². The first-order valence-corrected chi connectivity index (χ1v) is 14.6. The van der Waals surface area contributed by atoms with Crippen LogP contribution < -0.4 is 69.0 Å². The minimum atomic E-state index is -5.27. The van der Waals surface area contributed by atoms with Crippen molar-refractivity contribution in [1.29, 1.82) is 0 Å². The normalized spacial score (nSPS) is 11.6. The predicted octanol–water partition coefficient (Wildman–Crippen LogP) is -2.79. The van der Waals surface area contributed by atoms with Gasteiger partial charge in [0, 0.05) is 4.90 Å². The van der Waals surface area contributed by atoms with Gasteiger partial charge in [0.05, 0.1) is 9.79 Å². The molecule has 39 heavy (non-hydrogen) atoms. The molecule has 0 heterocycles. The fraction of sp³-hybridized carbons (Fsp3) is 0. The van der Waals surface area contributed by atoms with Gasteiger partial charge in [0.2, 0.25) is 9.84 Å². The van der Waals surface area contributed by atoms with Gasteiger partial charge in [-0.25, -0.2) is 16.8 Å². The summed E-state index contributed by atoms with van der Waals surface area (Å²) in [7, 11) is -14.9.